The Morgan fingerprint density at radius 3 is 2.43 bits per heavy atom. The molecule has 0 fully saturated rings. The molecule has 0 atom stereocenters. The maximum atomic E-state index is 12.6. The van der Waals surface area contributed by atoms with Gasteiger partial charge in [-0.1, -0.05) is 38.1 Å². The average Bonchev–Trinajstić information content (AvgIpc) is 2.41. The zero-order chi connectivity index (χ0) is 15.9. The average molecular weight is 312 g/mol. The molecular weight excluding hydrogens is 284 g/mol. The van der Waals surface area contributed by atoms with E-state index in [0.29, 0.717) is 6.54 Å². The predicted octanol–water partition coefficient (Wildman–Crippen LogP) is 2.75. The maximum absolute atomic E-state index is 12.6. The summed E-state index contributed by atoms with van der Waals surface area (Å²) in [5, 5.41) is 3.26. The molecule has 0 aliphatic rings. The van der Waals surface area contributed by atoms with Crippen molar-refractivity contribution < 1.29 is 8.42 Å². The minimum atomic E-state index is -3.26. The monoisotopic (exact) mass is 312 g/mol. The summed E-state index contributed by atoms with van der Waals surface area (Å²) >= 11 is 0. The minimum absolute atomic E-state index is 0.000101. The van der Waals surface area contributed by atoms with Crippen LogP contribution in [0.25, 0.3) is 0 Å². The summed E-state index contributed by atoms with van der Waals surface area (Å²) in [6.45, 7) is 10.2. The zero-order valence-corrected chi connectivity index (χ0v) is 14.4. The fourth-order valence-corrected chi connectivity index (χ4v) is 4.20. The van der Waals surface area contributed by atoms with Crippen LogP contribution in [0, 0.1) is 0 Å². The van der Waals surface area contributed by atoms with Gasteiger partial charge in [0.15, 0.2) is 0 Å². The summed E-state index contributed by atoms with van der Waals surface area (Å²) in [6.07, 6.45) is 0.831. The number of nitrogens with zero attached hydrogens (tertiary/aromatic N) is 1. The van der Waals surface area contributed by atoms with E-state index in [1.807, 2.05) is 45.0 Å². The third-order valence-corrected chi connectivity index (χ3v) is 5.31. The van der Waals surface area contributed by atoms with E-state index in [0.717, 1.165) is 30.6 Å². The maximum Gasteiger partial charge on any atom is 0.218 e. The number of nitrogens with one attached hydrogen (secondary N) is 1. The van der Waals surface area contributed by atoms with E-state index in [2.05, 4.69) is 12.2 Å². The molecule has 0 amide bonds. The third kappa shape index (κ3) is 5.77. The van der Waals surface area contributed by atoms with Crippen molar-refractivity contribution in [3.05, 3.63) is 35.4 Å². The molecule has 0 unspecified atom stereocenters. The van der Waals surface area contributed by atoms with E-state index in [1.54, 1.807) is 4.31 Å². The standard InChI is InChI=1S/C16H28N2O2S/c1-5-10-18(14(3)4)21(19,20)13-16-9-7-8-15(11-16)12-17-6-2/h7-9,11,14,17H,5-6,10,12-13H2,1-4H3. The van der Waals surface area contributed by atoms with Crippen molar-refractivity contribution in [2.75, 3.05) is 13.1 Å². The van der Waals surface area contributed by atoms with Gasteiger partial charge in [-0.2, -0.15) is 4.31 Å². The highest BCUT2D eigenvalue weighted by molar-refractivity contribution is 7.88. The second-order valence-electron chi connectivity index (χ2n) is 5.56. The largest absolute Gasteiger partial charge is 0.313 e. The highest BCUT2D eigenvalue weighted by atomic mass is 32.2. The van der Waals surface area contributed by atoms with Gasteiger partial charge in [0.05, 0.1) is 5.75 Å². The SMILES string of the molecule is CCCN(C(C)C)S(=O)(=O)Cc1cccc(CNCC)c1. The van der Waals surface area contributed by atoms with Gasteiger partial charge in [0.2, 0.25) is 10.0 Å². The Morgan fingerprint density at radius 2 is 1.86 bits per heavy atom. The van der Waals surface area contributed by atoms with Gasteiger partial charge in [0, 0.05) is 19.1 Å². The number of hydrogen-bond acceptors (Lipinski definition) is 3. The van der Waals surface area contributed by atoms with Gasteiger partial charge in [0.1, 0.15) is 0 Å². The minimum Gasteiger partial charge on any atom is -0.313 e. The molecule has 21 heavy (non-hydrogen) atoms. The molecule has 1 aromatic rings. The van der Waals surface area contributed by atoms with Crippen LogP contribution in [0.3, 0.4) is 0 Å². The van der Waals surface area contributed by atoms with E-state index in [9.17, 15) is 8.42 Å². The Morgan fingerprint density at radius 1 is 1.19 bits per heavy atom. The predicted molar refractivity (Wildman–Crippen MR) is 88.6 cm³/mol. The Kier molecular flexibility index (Phi) is 7.35. The molecule has 1 aromatic carbocycles. The first-order valence-electron chi connectivity index (χ1n) is 7.68. The van der Waals surface area contributed by atoms with Crippen LogP contribution in [-0.2, 0) is 22.3 Å². The highest BCUT2D eigenvalue weighted by Crippen LogP contribution is 2.15. The van der Waals surface area contributed by atoms with Crippen LogP contribution in [-0.4, -0.2) is 31.9 Å². The second kappa shape index (κ2) is 8.51. The van der Waals surface area contributed by atoms with Gasteiger partial charge >= 0.3 is 0 Å². The molecule has 0 aliphatic heterocycles. The molecule has 1 N–H and O–H groups in total. The first-order valence-corrected chi connectivity index (χ1v) is 9.29. The molecule has 0 aromatic heterocycles. The fourth-order valence-electron chi connectivity index (χ4n) is 2.33. The molecule has 0 radical (unpaired) electrons. The molecule has 1 rings (SSSR count). The Labute approximate surface area is 129 Å². The highest BCUT2D eigenvalue weighted by Gasteiger charge is 2.24. The number of rotatable bonds is 9. The van der Waals surface area contributed by atoms with E-state index < -0.39 is 10.0 Å². The summed E-state index contributed by atoms with van der Waals surface area (Å²) in [7, 11) is -3.26. The van der Waals surface area contributed by atoms with Gasteiger partial charge in [-0.3, -0.25) is 0 Å². The van der Waals surface area contributed by atoms with Crippen molar-refractivity contribution in [3.63, 3.8) is 0 Å². The summed E-state index contributed by atoms with van der Waals surface area (Å²) in [5.41, 5.74) is 1.98. The number of sulfonamides is 1. The topological polar surface area (TPSA) is 49.4 Å². The lowest BCUT2D eigenvalue weighted by atomic mass is 10.1. The molecule has 0 spiro atoms. The van der Waals surface area contributed by atoms with Gasteiger partial charge in [0.25, 0.3) is 0 Å². The van der Waals surface area contributed by atoms with E-state index in [4.69, 9.17) is 0 Å². The quantitative estimate of drug-likeness (QED) is 0.763. The summed E-state index contributed by atoms with van der Waals surface area (Å²) in [5.74, 6) is 0.0745. The van der Waals surface area contributed by atoms with Crippen molar-refractivity contribution in [1.82, 2.24) is 9.62 Å². The van der Waals surface area contributed by atoms with Crippen molar-refractivity contribution in [2.45, 2.75) is 52.5 Å². The molecule has 0 saturated carbocycles. The van der Waals surface area contributed by atoms with E-state index in [-0.39, 0.29) is 11.8 Å². The van der Waals surface area contributed by atoms with Crippen LogP contribution in [0.15, 0.2) is 24.3 Å². The Balaban J connectivity index is 2.87. The summed E-state index contributed by atoms with van der Waals surface area (Å²) in [4.78, 5) is 0. The molecule has 0 heterocycles. The van der Waals surface area contributed by atoms with Gasteiger partial charge < -0.3 is 5.32 Å². The molecule has 5 heteroatoms. The fraction of sp³-hybridized carbons (Fsp3) is 0.625. The van der Waals surface area contributed by atoms with Gasteiger partial charge in [-0.15, -0.1) is 0 Å². The van der Waals surface area contributed by atoms with Crippen molar-refractivity contribution in [1.29, 1.82) is 0 Å². The summed E-state index contributed by atoms with van der Waals surface area (Å²) in [6, 6.07) is 7.81. The van der Waals surface area contributed by atoms with E-state index in [1.165, 1.54) is 0 Å². The Bertz CT molecular complexity index is 527. The van der Waals surface area contributed by atoms with Crippen LogP contribution in [0.4, 0.5) is 0 Å². The normalized spacial score (nSPS) is 12.3. The second-order valence-corrected chi connectivity index (χ2v) is 7.48. The first-order chi connectivity index (χ1) is 9.90. The van der Waals surface area contributed by atoms with Crippen LogP contribution >= 0.6 is 0 Å². The molecule has 120 valence electrons. The lowest BCUT2D eigenvalue weighted by molar-refractivity contribution is 0.353. The Hall–Kier alpha value is -0.910. The zero-order valence-electron chi connectivity index (χ0n) is 13.6. The van der Waals surface area contributed by atoms with Crippen LogP contribution in [0.1, 0.15) is 45.2 Å². The molecule has 4 nitrogen and oxygen atoms in total. The van der Waals surface area contributed by atoms with Crippen LogP contribution < -0.4 is 5.32 Å². The van der Waals surface area contributed by atoms with Crippen molar-refractivity contribution in [3.8, 4) is 0 Å². The summed E-state index contributed by atoms with van der Waals surface area (Å²) < 4.78 is 26.7. The van der Waals surface area contributed by atoms with E-state index >= 15 is 0 Å². The number of hydrogen-bond donors (Lipinski definition) is 1. The number of benzene rings is 1. The molecular formula is C16H28N2O2S. The first kappa shape index (κ1) is 18.1. The molecule has 0 bridgehead atoms. The lowest BCUT2D eigenvalue weighted by Crippen LogP contribution is -2.38. The van der Waals surface area contributed by atoms with Crippen molar-refractivity contribution >= 4 is 10.0 Å². The lowest BCUT2D eigenvalue weighted by Gasteiger charge is -2.25. The van der Waals surface area contributed by atoms with Crippen LogP contribution in [0.2, 0.25) is 0 Å². The smallest absolute Gasteiger partial charge is 0.218 e. The third-order valence-electron chi connectivity index (χ3n) is 3.30. The molecule has 0 aliphatic carbocycles. The van der Waals surface area contributed by atoms with Gasteiger partial charge in [-0.25, -0.2) is 8.42 Å². The van der Waals surface area contributed by atoms with Gasteiger partial charge in [-0.05, 0) is 37.9 Å². The van der Waals surface area contributed by atoms with Crippen LogP contribution in [0.5, 0.6) is 0 Å². The molecule has 0 saturated heterocycles. The van der Waals surface area contributed by atoms with Crippen molar-refractivity contribution in [2.24, 2.45) is 0 Å².